The number of hydrogen-bond acceptors (Lipinski definition) is 6. The minimum atomic E-state index is -5.27. The maximum Gasteiger partial charge on any atom is 0.490 e. The van der Waals surface area contributed by atoms with E-state index >= 15 is 0 Å². The van der Waals surface area contributed by atoms with Crippen molar-refractivity contribution in [2.75, 3.05) is 19.7 Å². The molecule has 1 aromatic rings. The van der Waals surface area contributed by atoms with E-state index in [2.05, 4.69) is 4.74 Å². The summed E-state index contributed by atoms with van der Waals surface area (Å²) in [6.07, 6.45) is -5.76. The van der Waals surface area contributed by atoms with Crippen LogP contribution < -0.4 is 5.73 Å². The van der Waals surface area contributed by atoms with Gasteiger partial charge in [0.1, 0.15) is 5.75 Å². The van der Waals surface area contributed by atoms with Gasteiger partial charge in [0.05, 0.1) is 16.7 Å². The normalized spacial score (nSPS) is 25.3. The van der Waals surface area contributed by atoms with Gasteiger partial charge in [-0.1, -0.05) is 23.2 Å². The van der Waals surface area contributed by atoms with Crippen LogP contribution in [0.1, 0.15) is 24.4 Å². The molecule has 1 aromatic carbocycles. The van der Waals surface area contributed by atoms with Gasteiger partial charge in [-0.2, -0.15) is 13.2 Å². The molecule has 0 aromatic heterocycles. The van der Waals surface area contributed by atoms with E-state index in [1.807, 2.05) is 0 Å². The number of aliphatic hydroxyl groups is 1. The lowest BCUT2D eigenvalue weighted by atomic mass is 9.77. The lowest BCUT2D eigenvalue weighted by molar-refractivity contribution is -0.208. The summed E-state index contributed by atoms with van der Waals surface area (Å²) in [5.41, 5.74) is 6.85. The van der Waals surface area contributed by atoms with Gasteiger partial charge < -0.3 is 25.6 Å². The summed E-state index contributed by atoms with van der Waals surface area (Å²) >= 11 is 12.0. The van der Waals surface area contributed by atoms with E-state index in [1.54, 1.807) is 0 Å². The third kappa shape index (κ3) is 4.87. The smallest absolute Gasteiger partial charge is 0.490 e. The number of halogens is 5. The van der Waals surface area contributed by atoms with Crippen molar-refractivity contribution in [2.24, 2.45) is 23.5 Å². The highest BCUT2D eigenvalue weighted by molar-refractivity contribution is 6.42. The molecule has 0 unspecified atom stereocenters. The zero-order chi connectivity index (χ0) is 23.1. The lowest BCUT2D eigenvalue weighted by Gasteiger charge is -2.41. The van der Waals surface area contributed by atoms with Gasteiger partial charge in [0.15, 0.2) is 0 Å². The van der Waals surface area contributed by atoms with Crippen LogP contribution in [0.3, 0.4) is 0 Å². The number of rotatable bonds is 5. The largest absolute Gasteiger partial charge is 0.508 e. The summed E-state index contributed by atoms with van der Waals surface area (Å²) < 4.78 is 41.5. The number of aromatic hydroxyl groups is 1. The highest BCUT2D eigenvalue weighted by Gasteiger charge is 2.49. The minimum absolute atomic E-state index is 0.0933. The first-order valence-electron chi connectivity index (χ1n) is 9.55. The molecule has 2 bridgehead atoms. The van der Waals surface area contributed by atoms with E-state index in [-0.39, 0.29) is 46.6 Å². The second-order valence-corrected chi connectivity index (χ2v) is 8.66. The molecule has 0 radical (unpaired) electrons. The van der Waals surface area contributed by atoms with Crippen molar-refractivity contribution in [3.63, 3.8) is 0 Å². The Bertz CT molecular complexity index is 856. The van der Waals surface area contributed by atoms with Crippen LogP contribution >= 0.6 is 23.2 Å². The number of aliphatic hydroxyl groups excluding tert-OH is 1. The summed E-state index contributed by atoms with van der Waals surface area (Å²) in [5, 5.41) is 20.0. The average Bonchev–Trinajstić information content (AvgIpc) is 2.96. The monoisotopic (exact) mass is 484 g/mol. The van der Waals surface area contributed by atoms with Crippen LogP contribution in [0.2, 0.25) is 10.0 Å². The molecule has 1 aliphatic carbocycles. The zero-order valence-corrected chi connectivity index (χ0v) is 17.6. The molecule has 7 nitrogen and oxygen atoms in total. The number of phenols is 1. The molecule has 0 spiro atoms. The molecule has 1 aliphatic heterocycles. The Morgan fingerprint density at radius 2 is 1.74 bits per heavy atom. The number of alkyl halides is 3. The third-order valence-electron chi connectivity index (χ3n) is 5.98. The molecule has 12 heteroatoms. The topological polar surface area (TPSA) is 113 Å². The van der Waals surface area contributed by atoms with Crippen LogP contribution in [0, 0.1) is 17.8 Å². The van der Waals surface area contributed by atoms with Gasteiger partial charge in [0.25, 0.3) is 5.91 Å². The first-order valence-corrected chi connectivity index (χ1v) is 10.3. The Balaban J connectivity index is 1.73. The summed E-state index contributed by atoms with van der Waals surface area (Å²) in [6.45, 7) is -0.710. The standard InChI is InChI=1S/C19H21Cl2F3N2O5/c20-11-3-10(13(28)4-12(11)21)16(25)15-8-1-2-9(15)6-26(5-8)17(29)14(7-27)31-18(30)19(22,23)24/h3-4,8-9,14-16,27-28H,1-2,5-7,25H2/t8-,9-,14+,16-/m0/s1. The molecule has 4 atom stereocenters. The fourth-order valence-corrected chi connectivity index (χ4v) is 4.95. The van der Waals surface area contributed by atoms with Crippen LogP contribution in [0.4, 0.5) is 13.2 Å². The minimum Gasteiger partial charge on any atom is -0.508 e. The number of carbonyl (C=O) groups is 2. The maximum absolute atomic E-state index is 12.6. The van der Waals surface area contributed by atoms with Gasteiger partial charge in [0.2, 0.25) is 6.10 Å². The molecule has 31 heavy (non-hydrogen) atoms. The number of piperidine rings is 1. The number of hydrogen-bond donors (Lipinski definition) is 3. The molecule has 1 heterocycles. The number of amides is 1. The van der Waals surface area contributed by atoms with Gasteiger partial charge in [-0.15, -0.1) is 0 Å². The number of phenolic OH excluding ortho intramolecular Hbond substituents is 1. The van der Waals surface area contributed by atoms with Crippen LogP contribution in [0.5, 0.6) is 5.75 Å². The number of benzene rings is 1. The van der Waals surface area contributed by atoms with Gasteiger partial charge in [-0.05, 0) is 36.7 Å². The van der Waals surface area contributed by atoms with E-state index < -0.39 is 36.8 Å². The molecule has 1 amide bonds. The van der Waals surface area contributed by atoms with Crippen molar-refractivity contribution < 1.29 is 37.7 Å². The number of likely N-dealkylation sites (tertiary alicyclic amines) is 1. The zero-order valence-electron chi connectivity index (χ0n) is 16.1. The van der Waals surface area contributed by atoms with Gasteiger partial charge in [-0.3, -0.25) is 4.79 Å². The van der Waals surface area contributed by atoms with Gasteiger partial charge in [0, 0.05) is 30.8 Å². The second kappa shape index (κ2) is 9.01. The van der Waals surface area contributed by atoms with Crippen molar-refractivity contribution in [2.45, 2.75) is 31.2 Å². The molecule has 2 aliphatic rings. The number of fused-ring (bicyclic) bond motifs is 2. The highest BCUT2D eigenvalue weighted by Crippen LogP contribution is 2.49. The Hall–Kier alpha value is -1.75. The van der Waals surface area contributed by atoms with Crippen molar-refractivity contribution >= 4 is 35.1 Å². The molecule has 3 rings (SSSR count). The number of esters is 1. The van der Waals surface area contributed by atoms with Crippen LogP contribution in [0.15, 0.2) is 12.1 Å². The van der Waals surface area contributed by atoms with E-state index in [0.717, 1.165) is 12.8 Å². The molecule has 1 saturated heterocycles. The molecule has 172 valence electrons. The van der Waals surface area contributed by atoms with E-state index in [0.29, 0.717) is 5.56 Å². The van der Waals surface area contributed by atoms with Gasteiger partial charge >= 0.3 is 12.1 Å². The van der Waals surface area contributed by atoms with Crippen LogP contribution in [0.25, 0.3) is 0 Å². The summed E-state index contributed by atoms with van der Waals surface area (Å²) in [5.74, 6) is -3.82. The SMILES string of the molecule is N[C@@H](c1cc(Cl)c(Cl)cc1O)C1[C@H]2CC[C@H]1CN(C(=O)[C@@H](CO)OC(=O)C(F)(F)F)C2. The number of nitrogens with two attached hydrogens (primary N) is 1. The van der Waals surface area contributed by atoms with Crippen LogP contribution in [-0.4, -0.2) is 59.0 Å². The van der Waals surface area contributed by atoms with Crippen LogP contribution in [-0.2, 0) is 14.3 Å². The fourth-order valence-electron chi connectivity index (χ4n) is 4.62. The van der Waals surface area contributed by atoms with Crippen molar-refractivity contribution in [1.29, 1.82) is 0 Å². The lowest BCUT2D eigenvalue weighted by Crippen LogP contribution is -2.52. The van der Waals surface area contributed by atoms with Crippen molar-refractivity contribution in [3.05, 3.63) is 27.7 Å². The van der Waals surface area contributed by atoms with E-state index in [9.17, 15) is 33.0 Å². The average molecular weight is 485 g/mol. The van der Waals surface area contributed by atoms with Crippen molar-refractivity contribution in [1.82, 2.24) is 4.90 Å². The first-order chi connectivity index (χ1) is 14.4. The molecule has 2 fully saturated rings. The van der Waals surface area contributed by atoms with E-state index in [1.165, 1.54) is 17.0 Å². The first kappa shape index (κ1) is 23.9. The Labute approximate surface area is 185 Å². The fraction of sp³-hybridized carbons (Fsp3) is 0.579. The van der Waals surface area contributed by atoms with E-state index in [4.69, 9.17) is 28.9 Å². The molecular weight excluding hydrogens is 464 g/mol. The van der Waals surface area contributed by atoms with Gasteiger partial charge in [-0.25, -0.2) is 4.79 Å². The number of ether oxygens (including phenoxy) is 1. The maximum atomic E-state index is 12.6. The number of nitrogens with zero attached hydrogens (tertiary/aromatic N) is 1. The molecule has 4 N–H and O–H groups in total. The number of carbonyl (C=O) groups excluding carboxylic acids is 2. The Morgan fingerprint density at radius 1 is 1.19 bits per heavy atom. The summed E-state index contributed by atoms with van der Waals surface area (Å²) in [4.78, 5) is 25.0. The quantitative estimate of drug-likeness (QED) is 0.553. The highest BCUT2D eigenvalue weighted by atomic mass is 35.5. The van der Waals surface area contributed by atoms with Crippen molar-refractivity contribution in [3.8, 4) is 5.75 Å². The second-order valence-electron chi connectivity index (χ2n) is 7.84. The molecular formula is C19H21Cl2F3N2O5. The Kier molecular flexibility index (Phi) is 6.95. The summed E-state index contributed by atoms with van der Waals surface area (Å²) in [7, 11) is 0. The predicted molar refractivity (Wildman–Crippen MR) is 104 cm³/mol. The summed E-state index contributed by atoms with van der Waals surface area (Å²) in [6, 6.07) is 2.21. The third-order valence-corrected chi connectivity index (χ3v) is 6.71. The predicted octanol–water partition coefficient (Wildman–Crippen LogP) is 2.65. The Morgan fingerprint density at radius 3 is 2.26 bits per heavy atom. The molecule has 1 saturated carbocycles.